The third-order valence-electron chi connectivity index (χ3n) is 4.72. The number of hydrogen-bond acceptors (Lipinski definition) is 3. The van der Waals surface area contributed by atoms with E-state index in [2.05, 4.69) is 5.32 Å². The van der Waals surface area contributed by atoms with Crippen molar-refractivity contribution in [3.63, 3.8) is 0 Å². The second kappa shape index (κ2) is 6.28. The number of halogens is 1. The van der Waals surface area contributed by atoms with Crippen LogP contribution in [-0.2, 0) is 20.7 Å². The summed E-state index contributed by atoms with van der Waals surface area (Å²) in [7, 11) is 0. The SMILES string of the molecule is O=C(Cc1ccc(F)cc1)NC1CCOC2(C1)CC(C(=O)O)C2. The van der Waals surface area contributed by atoms with Crippen LogP contribution in [0.2, 0.25) is 0 Å². The summed E-state index contributed by atoms with van der Waals surface area (Å²) in [5.41, 5.74) is 0.384. The van der Waals surface area contributed by atoms with Crippen LogP contribution in [0.5, 0.6) is 0 Å². The van der Waals surface area contributed by atoms with Crippen LogP contribution in [0.4, 0.5) is 4.39 Å². The van der Waals surface area contributed by atoms with Crippen molar-refractivity contribution < 1.29 is 23.8 Å². The highest BCUT2D eigenvalue weighted by atomic mass is 19.1. The first-order chi connectivity index (χ1) is 11.0. The molecule has 124 valence electrons. The van der Waals surface area contributed by atoms with Crippen LogP contribution in [0.15, 0.2) is 24.3 Å². The molecule has 0 aromatic heterocycles. The van der Waals surface area contributed by atoms with Crippen LogP contribution in [0.3, 0.4) is 0 Å². The molecular formula is C17H20FNO4. The van der Waals surface area contributed by atoms with Gasteiger partial charge in [-0.3, -0.25) is 9.59 Å². The summed E-state index contributed by atoms with van der Waals surface area (Å²) in [4.78, 5) is 23.1. The molecule has 1 saturated carbocycles. The first-order valence-corrected chi connectivity index (χ1v) is 7.86. The topological polar surface area (TPSA) is 75.6 Å². The van der Waals surface area contributed by atoms with Crippen LogP contribution in [-0.4, -0.2) is 35.2 Å². The minimum absolute atomic E-state index is 0.00597. The summed E-state index contributed by atoms with van der Waals surface area (Å²) >= 11 is 0. The summed E-state index contributed by atoms with van der Waals surface area (Å²) in [6.07, 6.45) is 2.64. The van der Waals surface area contributed by atoms with Gasteiger partial charge >= 0.3 is 5.97 Å². The molecule has 1 atom stereocenters. The van der Waals surface area contributed by atoms with Crippen molar-refractivity contribution in [2.75, 3.05) is 6.61 Å². The number of hydrogen-bond donors (Lipinski definition) is 2. The summed E-state index contributed by atoms with van der Waals surface area (Å²) in [6, 6.07) is 5.89. The van der Waals surface area contributed by atoms with E-state index < -0.39 is 5.97 Å². The largest absolute Gasteiger partial charge is 0.481 e. The number of aliphatic carboxylic acids is 1. The van der Waals surface area contributed by atoms with Crippen molar-refractivity contribution in [3.8, 4) is 0 Å². The van der Waals surface area contributed by atoms with Gasteiger partial charge in [-0.15, -0.1) is 0 Å². The van der Waals surface area contributed by atoms with Crippen LogP contribution < -0.4 is 5.32 Å². The number of carboxylic acids is 1. The van der Waals surface area contributed by atoms with Gasteiger partial charge in [0.1, 0.15) is 5.82 Å². The first kappa shape index (κ1) is 15.9. The maximum absolute atomic E-state index is 12.9. The van der Waals surface area contributed by atoms with E-state index in [4.69, 9.17) is 9.84 Å². The van der Waals surface area contributed by atoms with E-state index in [9.17, 15) is 14.0 Å². The van der Waals surface area contributed by atoms with E-state index in [1.807, 2.05) is 0 Å². The van der Waals surface area contributed by atoms with E-state index in [0.717, 1.165) is 12.0 Å². The Hall–Kier alpha value is -1.95. The van der Waals surface area contributed by atoms with Crippen molar-refractivity contribution in [1.82, 2.24) is 5.32 Å². The molecule has 1 heterocycles. The first-order valence-electron chi connectivity index (χ1n) is 7.86. The molecule has 2 N–H and O–H groups in total. The molecular weight excluding hydrogens is 301 g/mol. The second-order valence-corrected chi connectivity index (χ2v) is 6.54. The third-order valence-corrected chi connectivity index (χ3v) is 4.72. The highest BCUT2D eigenvalue weighted by Gasteiger charge is 2.51. The number of carbonyl (C=O) groups is 2. The van der Waals surface area contributed by atoms with Crippen molar-refractivity contribution in [2.24, 2.45) is 5.92 Å². The molecule has 2 aliphatic rings. The average Bonchev–Trinajstić information content (AvgIpc) is 2.47. The van der Waals surface area contributed by atoms with Gasteiger partial charge in [-0.05, 0) is 43.4 Å². The zero-order chi connectivity index (χ0) is 16.4. The lowest BCUT2D eigenvalue weighted by atomic mass is 9.66. The number of nitrogens with one attached hydrogen (secondary N) is 1. The Bertz CT molecular complexity index is 595. The molecule has 1 aliphatic heterocycles. The van der Waals surface area contributed by atoms with Gasteiger partial charge in [0.15, 0.2) is 0 Å². The average molecular weight is 321 g/mol. The van der Waals surface area contributed by atoms with Crippen LogP contribution >= 0.6 is 0 Å². The maximum Gasteiger partial charge on any atom is 0.306 e. The van der Waals surface area contributed by atoms with Gasteiger partial charge < -0.3 is 15.2 Å². The van der Waals surface area contributed by atoms with Crippen molar-refractivity contribution in [3.05, 3.63) is 35.6 Å². The molecule has 1 aliphatic carbocycles. The van der Waals surface area contributed by atoms with E-state index in [1.165, 1.54) is 12.1 Å². The lowest BCUT2D eigenvalue weighted by Crippen LogP contribution is -2.56. The lowest BCUT2D eigenvalue weighted by Gasteiger charge is -2.50. The molecule has 1 amide bonds. The number of amides is 1. The molecule has 0 radical (unpaired) electrons. The Kier molecular flexibility index (Phi) is 4.35. The lowest BCUT2D eigenvalue weighted by molar-refractivity contribution is -0.182. The molecule has 1 aromatic rings. The fraction of sp³-hybridized carbons (Fsp3) is 0.529. The number of ether oxygens (including phenoxy) is 1. The smallest absolute Gasteiger partial charge is 0.306 e. The van der Waals surface area contributed by atoms with Crippen LogP contribution in [0, 0.1) is 11.7 Å². The predicted molar refractivity (Wildman–Crippen MR) is 80.3 cm³/mol. The number of carboxylic acid groups (broad SMARTS) is 1. The highest BCUT2D eigenvalue weighted by molar-refractivity contribution is 5.78. The Morgan fingerprint density at radius 1 is 1.26 bits per heavy atom. The highest BCUT2D eigenvalue weighted by Crippen LogP contribution is 2.46. The molecule has 6 heteroatoms. The zero-order valence-electron chi connectivity index (χ0n) is 12.8. The molecule has 0 bridgehead atoms. The number of rotatable bonds is 4. The van der Waals surface area contributed by atoms with E-state index in [1.54, 1.807) is 12.1 Å². The Balaban J connectivity index is 1.51. The zero-order valence-corrected chi connectivity index (χ0v) is 12.8. The second-order valence-electron chi connectivity index (χ2n) is 6.54. The normalized spacial score (nSPS) is 29.8. The Morgan fingerprint density at radius 2 is 1.96 bits per heavy atom. The molecule has 1 aromatic carbocycles. The van der Waals surface area contributed by atoms with E-state index in [-0.39, 0.29) is 35.7 Å². The fourth-order valence-corrected chi connectivity index (χ4v) is 3.51. The van der Waals surface area contributed by atoms with Gasteiger partial charge in [0.2, 0.25) is 5.91 Å². The maximum atomic E-state index is 12.9. The summed E-state index contributed by atoms with van der Waals surface area (Å²) in [5, 5.41) is 12.0. The minimum atomic E-state index is -0.776. The summed E-state index contributed by atoms with van der Waals surface area (Å²) in [6.45, 7) is 0.536. The molecule has 3 rings (SSSR count). The Morgan fingerprint density at radius 3 is 2.61 bits per heavy atom. The standard InChI is InChI=1S/C17H20FNO4/c18-13-3-1-11(2-4-13)7-15(20)19-14-5-6-23-17(10-14)8-12(9-17)16(21)22/h1-4,12,14H,5-10H2,(H,19,20)(H,21,22). The van der Waals surface area contributed by atoms with Gasteiger partial charge in [0.05, 0.1) is 17.9 Å². The Labute approximate surface area is 133 Å². The van der Waals surface area contributed by atoms with Crippen molar-refractivity contribution in [2.45, 2.75) is 43.7 Å². The van der Waals surface area contributed by atoms with E-state index in [0.29, 0.717) is 25.9 Å². The molecule has 1 unspecified atom stereocenters. The molecule has 1 spiro atoms. The summed E-state index contributed by atoms with van der Waals surface area (Å²) < 4.78 is 18.6. The van der Waals surface area contributed by atoms with Crippen LogP contribution in [0.25, 0.3) is 0 Å². The molecule has 2 fully saturated rings. The minimum Gasteiger partial charge on any atom is -0.481 e. The summed E-state index contributed by atoms with van der Waals surface area (Å²) in [5.74, 6) is -1.53. The number of benzene rings is 1. The van der Waals surface area contributed by atoms with Crippen molar-refractivity contribution >= 4 is 11.9 Å². The van der Waals surface area contributed by atoms with Gasteiger partial charge in [0, 0.05) is 12.6 Å². The quantitative estimate of drug-likeness (QED) is 0.888. The van der Waals surface area contributed by atoms with Gasteiger partial charge in [-0.2, -0.15) is 0 Å². The molecule has 1 saturated heterocycles. The van der Waals surface area contributed by atoms with Crippen molar-refractivity contribution in [1.29, 1.82) is 0 Å². The molecule has 5 nitrogen and oxygen atoms in total. The van der Waals surface area contributed by atoms with Gasteiger partial charge in [-0.1, -0.05) is 12.1 Å². The van der Waals surface area contributed by atoms with E-state index >= 15 is 0 Å². The number of carbonyl (C=O) groups excluding carboxylic acids is 1. The predicted octanol–water partition coefficient (Wildman–Crippen LogP) is 1.90. The third kappa shape index (κ3) is 3.69. The van der Waals surface area contributed by atoms with Gasteiger partial charge in [0.25, 0.3) is 0 Å². The fourth-order valence-electron chi connectivity index (χ4n) is 3.51. The van der Waals surface area contributed by atoms with Gasteiger partial charge in [-0.25, -0.2) is 4.39 Å². The molecule has 23 heavy (non-hydrogen) atoms. The monoisotopic (exact) mass is 321 g/mol. The van der Waals surface area contributed by atoms with Crippen LogP contribution in [0.1, 0.15) is 31.2 Å².